The van der Waals surface area contributed by atoms with Crippen molar-refractivity contribution in [1.82, 2.24) is 4.90 Å². The maximum Gasteiger partial charge on any atom is 0.129 e. The molecule has 0 radical (unpaired) electrons. The topological polar surface area (TPSA) is 24.8 Å². The van der Waals surface area contributed by atoms with Crippen LogP contribution in [-0.4, -0.2) is 37.9 Å². The summed E-state index contributed by atoms with van der Waals surface area (Å²) in [6, 6.07) is 10.8. The van der Waals surface area contributed by atoms with Crippen LogP contribution in [-0.2, 0) is 11.3 Å². The molecule has 1 aliphatic carbocycles. The number of hydrogen-bond donors (Lipinski definition) is 0. The number of nitrogens with zero attached hydrogens (tertiary/aromatic N) is 2. The molecule has 0 bridgehead atoms. The second kappa shape index (κ2) is 8.83. The molecule has 0 saturated heterocycles. The second-order valence-corrected chi connectivity index (χ2v) is 6.21. The predicted octanol–water partition coefficient (Wildman–Crippen LogP) is 3.74. The minimum atomic E-state index is 0.550. The number of benzene rings is 1. The third-order valence-electron chi connectivity index (χ3n) is 4.09. The molecular weight excluding hydrogens is 260 g/mol. The van der Waals surface area contributed by atoms with E-state index in [1.807, 2.05) is 0 Å². The summed E-state index contributed by atoms with van der Waals surface area (Å²) < 4.78 is 0. The van der Waals surface area contributed by atoms with Crippen LogP contribution in [0.5, 0.6) is 0 Å². The highest BCUT2D eigenvalue weighted by molar-refractivity contribution is 5.86. The molecule has 3 nitrogen and oxygen atoms in total. The zero-order chi connectivity index (χ0) is 14.9. The quantitative estimate of drug-likeness (QED) is 0.452. The molecule has 3 heteroatoms. The number of hydrogen-bond acceptors (Lipinski definition) is 3. The average molecular weight is 288 g/mol. The van der Waals surface area contributed by atoms with E-state index < -0.39 is 0 Å². The summed E-state index contributed by atoms with van der Waals surface area (Å²) in [6.45, 7) is 1.59. The first-order valence-corrected chi connectivity index (χ1v) is 8.13. The molecule has 1 saturated carbocycles. The molecule has 1 fully saturated rings. The van der Waals surface area contributed by atoms with Crippen LogP contribution >= 0.6 is 0 Å². The largest absolute Gasteiger partial charge is 0.394 e. The van der Waals surface area contributed by atoms with Gasteiger partial charge in [-0.3, -0.25) is 0 Å². The van der Waals surface area contributed by atoms with E-state index in [1.54, 1.807) is 0 Å². The van der Waals surface area contributed by atoms with Gasteiger partial charge in [0, 0.05) is 12.5 Å². The Morgan fingerprint density at radius 3 is 2.71 bits per heavy atom. The average Bonchev–Trinajstić information content (AvgIpc) is 2.70. The van der Waals surface area contributed by atoms with Crippen molar-refractivity contribution < 1.29 is 4.84 Å². The fourth-order valence-corrected chi connectivity index (χ4v) is 2.83. The normalized spacial score (nSPS) is 21.5. The van der Waals surface area contributed by atoms with Gasteiger partial charge in [-0.05, 0) is 45.3 Å². The monoisotopic (exact) mass is 288 g/mol. The summed E-state index contributed by atoms with van der Waals surface area (Å²) >= 11 is 0. The molecule has 21 heavy (non-hydrogen) atoms. The number of likely N-dealkylation sites (N-methyl/N-ethyl adjacent to an activating group) is 1. The van der Waals surface area contributed by atoms with Crippen molar-refractivity contribution in [1.29, 1.82) is 0 Å². The maximum atomic E-state index is 5.55. The Kier molecular flexibility index (Phi) is 6.74. The molecule has 0 N–H and O–H groups in total. The van der Waals surface area contributed by atoms with Gasteiger partial charge >= 0.3 is 0 Å². The van der Waals surface area contributed by atoms with Crippen LogP contribution < -0.4 is 0 Å². The zero-order valence-corrected chi connectivity index (χ0v) is 13.4. The standard InChI is InChI=1S/C18H28N2O/c1-20(2)13-14-21-19-18-12-8-4-7-11-17(18)15-16-9-5-3-6-10-16/h3,5-6,9-10,17H,4,7-8,11-15H2,1-2H3. The van der Waals surface area contributed by atoms with Crippen LogP contribution in [0.3, 0.4) is 0 Å². The molecule has 0 amide bonds. The lowest BCUT2D eigenvalue weighted by molar-refractivity contribution is 0.124. The van der Waals surface area contributed by atoms with Gasteiger partial charge in [-0.1, -0.05) is 48.3 Å². The Labute approximate surface area is 129 Å². The minimum absolute atomic E-state index is 0.550. The Morgan fingerprint density at radius 1 is 1.14 bits per heavy atom. The summed E-state index contributed by atoms with van der Waals surface area (Å²) in [5.41, 5.74) is 2.68. The van der Waals surface area contributed by atoms with Crippen molar-refractivity contribution in [3.05, 3.63) is 35.9 Å². The van der Waals surface area contributed by atoms with Crippen LogP contribution in [0.1, 0.15) is 37.7 Å². The highest BCUT2D eigenvalue weighted by Gasteiger charge is 2.20. The van der Waals surface area contributed by atoms with Crippen LogP contribution in [0.15, 0.2) is 35.5 Å². The molecule has 116 valence electrons. The number of oxime groups is 1. The summed E-state index contributed by atoms with van der Waals surface area (Å²) in [4.78, 5) is 7.67. The molecule has 0 aliphatic heterocycles. The molecule has 2 rings (SSSR count). The summed E-state index contributed by atoms with van der Waals surface area (Å²) in [5.74, 6) is 0.550. The SMILES string of the molecule is CN(C)CCON=C1CCCCCC1Cc1ccccc1. The highest BCUT2D eigenvalue weighted by atomic mass is 16.6. The van der Waals surface area contributed by atoms with Crippen molar-refractivity contribution >= 4 is 5.71 Å². The van der Waals surface area contributed by atoms with Crippen LogP contribution in [0, 0.1) is 5.92 Å². The van der Waals surface area contributed by atoms with E-state index in [4.69, 9.17) is 4.84 Å². The Hall–Kier alpha value is -1.35. The van der Waals surface area contributed by atoms with Gasteiger partial charge in [0.15, 0.2) is 0 Å². The Balaban J connectivity index is 1.95. The molecule has 0 spiro atoms. The first-order valence-electron chi connectivity index (χ1n) is 8.13. The molecule has 0 aromatic heterocycles. The van der Waals surface area contributed by atoms with Crippen LogP contribution in [0.2, 0.25) is 0 Å². The fourth-order valence-electron chi connectivity index (χ4n) is 2.83. The van der Waals surface area contributed by atoms with Gasteiger partial charge in [-0.25, -0.2) is 0 Å². The predicted molar refractivity (Wildman–Crippen MR) is 88.7 cm³/mol. The van der Waals surface area contributed by atoms with Gasteiger partial charge in [0.05, 0.1) is 5.71 Å². The van der Waals surface area contributed by atoms with Crippen molar-refractivity contribution in [2.45, 2.75) is 38.5 Å². The van der Waals surface area contributed by atoms with Gasteiger partial charge in [-0.2, -0.15) is 0 Å². The lowest BCUT2D eigenvalue weighted by Gasteiger charge is -2.17. The third kappa shape index (κ3) is 5.88. The first kappa shape index (κ1) is 16.0. The first-order chi connectivity index (χ1) is 10.3. The molecule has 0 heterocycles. The van der Waals surface area contributed by atoms with Crippen molar-refractivity contribution in [3.8, 4) is 0 Å². The van der Waals surface area contributed by atoms with Gasteiger partial charge in [0.25, 0.3) is 0 Å². The van der Waals surface area contributed by atoms with Crippen molar-refractivity contribution in [2.24, 2.45) is 11.1 Å². The van der Waals surface area contributed by atoms with Crippen LogP contribution in [0.25, 0.3) is 0 Å². The smallest absolute Gasteiger partial charge is 0.129 e. The Bertz CT molecular complexity index is 428. The van der Waals surface area contributed by atoms with E-state index >= 15 is 0 Å². The van der Waals surface area contributed by atoms with Crippen molar-refractivity contribution in [3.63, 3.8) is 0 Å². The van der Waals surface area contributed by atoms with Gasteiger partial charge in [-0.15, -0.1) is 0 Å². The molecule has 1 aromatic carbocycles. The van der Waals surface area contributed by atoms with E-state index in [1.165, 1.54) is 37.0 Å². The maximum absolute atomic E-state index is 5.55. The van der Waals surface area contributed by atoms with E-state index in [0.29, 0.717) is 12.5 Å². The van der Waals surface area contributed by atoms with Crippen molar-refractivity contribution in [2.75, 3.05) is 27.2 Å². The molecule has 1 aromatic rings. The minimum Gasteiger partial charge on any atom is -0.394 e. The zero-order valence-electron chi connectivity index (χ0n) is 13.4. The number of rotatable bonds is 6. The van der Waals surface area contributed by atoms with Gasteiger partial charge in [0.1, 0.15) is 6.61 Å². The molecule has 1 atom stereocenters. The third-order valence-corrected chi connectivity index (χ3v) is 4.09. The molecular formula is C18H28N2O. The van der Waals surface area contributed by atoms with E-state index in [2.05, 4.69) is 54.5 Å². The lowest BCUT2D eigenvalue weighted by atomic mass is 9.91. The highest BCUT2D eigenvalue weighted by Crippen LogP contribution is 2.24. The second-order valence-electron chi connectivity index (χ2n) is 6.21. The van der Waals surface area contributed by atoms with E-state index in [-0.39, 0.29) is 0 Å². The molecule has 1 aliphatic rings. The molecule has 1 unspecified atom stereocenters. The van der Waals surface area contributed by atoms with Gasteiger partial charge in [0.2, 0.25) is 0 Å². The van der Waals surface area contributed by atoms with Crippen LogP contribution in [0.4, 0.5) is 0 Å². The summed E-state index contributed by atoms with van der Waals surface area (Å²) in [5, 5.41) is 4.48. The Morgan fingerprint density at radius 2 is 1.95 bits per heavy atom. The summed E-state index contributed by atoms with van der Waals surface area (Å²) in [7, 11) is 4.11. The fraction of sp³-hybridized carbons (Fsp3) is 0.611. The lowest BCUT2D eigenvalue weighted by Crippen LogP contribution is -2.19. The van der Waals surface area contributed by atoms with Gasteiger partial charge < -0.3 is 9.74 Å². The summed E-state index contributed by atoms with van der Waals surface area (Å²) in [6.07, 6.45) is 7.32. The van der Waals surface area contributed by atoms with E-state index in [0.717, 1.165) is 19.4 Å². The van der Waals surface area contributed by atoms with E-state index in [9.17, 15) is 0 Å².